The molecule has 0 atom stereocenters. The molecule has 0 N–H and O–H groups in total. The second-order valence-corrected chi connectivity index (χ2v) is 5.41. The van der Waals surface area contributed by atoms with Crippen molar-refractivity contribution in [2.45, 2.75) is 19.4 Å². The Morgan fingerprint density at radius 1 is 1.12 bits per heavy atom. The van der Waals surface area contributed by atoms with Gasteiger partial charge in [-0.2, -0.15) is 0 Å². The molecule has 2 aliphatic heterocycles. The van der Waals surface area contributed by atoms with Gasteiger partial charge in [0.05, 0.1) is 12.7 Å². The van der Waals surface area contributed by atoms with Crippen LogP contribution in [-0.2, 0) is 21.0 Å². The summed E-state index contributed by atoms with van der Waals surface area (Å²) in [7, 11) is 0. The lowest BCUT2D eigenvalue weighted by Crippen LogP contribution is -2.33. The molecular formula is C16H12N4O4. The Morgan fingerprint density at radius 2 is 1.88 bits per heavy atom. The molecule has 4 rings (SSSR count). The minimum atomic E-state index is -0.830. The van der Waals surface area contributed by atoms with Crippen LogP contribution in [0.25, 0.3) is 0 Å². The van der Waals surface area contributed by atoms with Crippen molar-refractivity contribution in [3.8, 4) is 0 Å². The van der Waals surface area contributed by atoms with Crippen LogP contribution in [0.5, 0.6) is 0 Å². The number of aliphatic imine (C=N–C) groups is 1. The zero-order valence-electron chi connectivity index (χ0n) is 12.5. The standard InChI is InChI=1S/C16H12N4O4/c21-13-5-6-14(22)20(13)24-16(23)12-8-17-9-19(12)15-11-4-2-1-3-10(11)7-18-15/h1-4,8-9H,5-7H2. The number of hydroxylamine groups is 2. The Balaban J connectivity index is 1.63. The first-order valence-electron chi connectivity index (χ1n) is 7.38. The number of imidazole rings is 1. The van der Waals surface area contributed by atoms with E-state index in [2.05, 4.69) is 9.98 Å². The Bertz CT molecular complexity index is 883. The van der Waals surface area contributed by atoms with E-state index in [0.29, 0.717) is 17.4 Å². The highest BCUT2D eigenvalue weighted by atomic mass is 16.7. The van der Waals surface area contributed by atoms with E-state index in [0.717, 1.165) is 11.1 Å². The van der Waals surface area contributed by atoms with Gasteiger partial charge in [-0.25, -0.2) is 9.78 Å². The highest BCUT2D eigenvalue weighted by Crippen LogP contribution is 2.21. The van der Waals surface area contributed by atoms with Gasteiger partial charge in [0, 0.05) is 18.4 Å². The zero-order valence-corrected chi connectivity index (χ0v) is 12.5. The van der Waals surface area contributed by atoms with Crippen molar-refractivity contribution in [3.63, 3.8) is 0 Å². The Hall–Kier alpha value is -3.29. The fourth-order valence-corrected chi connectivity index (χ4v) is 2.73. The lowest BCUT2D eigenvalue weighted by molar-refractivity contribution is -0.172. The van der Waals surface area contributed by atoms with E-state index in [9.17, 15) is 14.4 Å². The van der Waals surface area contributed by atoms with Gasteiger partial charge in [0.2, 0.25) is 0 Å². The molecule has 0 spiro atoms. The molecule has 0 bridgehead atoms. The minimum absolute atomic E-state index is 0.0471. The van der Waals surface area contributed by atoms with Crippen molar-refractivity contribution >= 4 is 23.6 Å². The van der Waals surface area contributed by atoms with Gasteiger partial charge in [0.15, 0.2) is 5.69 Å². The number of imide groups is 1. The number of hydrogen-bond acceptors (Lipinski definition) is 6. The Labute approximate surface area is 136 Å². The molecule has 2 amide bonds. The lowest BCUT2D eigenvalue weighted by Gasteiger charge is -2.13. The fourth-order valence-electron chi connectivity index (χ4n) is 2.73. The van der Waals surface area contributed by atoms with Crippen LogP contribution >= 0.6 is 0 Å². The first-order valence-corrected chi connectivity index (χ1v) is 7.38. The van der Waals surface area contributed by atoms with E-state index in [-0.39, 0.29) is 18.5 Å². The summed E-state index contributed by atoms with van der Waals surface area (Å²) in [5.74, 6) is -1.30. The van der Waals surface area contributed by atoms with Crippen molar-refractivity contribution in [1.82, 2.24) is 14.6 Å². The molecular weight excluding hydrogens is 312 g/mol. The Morgan fingerprint density at radius 3 is 2.67 bits per heavy atom. The number of rotatable bonds is 2. The molecule has 3 heterocycles. The zero-order chi connectivity index (χ0) is 16.7. The number of carbonyl (C=O) groups is 3. The number of amides is 2. The molecule has 120 valence electrons. The summed E-state index contributed by atoms with van der Waals surface area (Å²) in [4.78, 5) is 48.9. The van der Waals surface area contributed by atoms with E-state index < -0.39 is 17.8 Å². The normalized spacial score (nSPS) is 16.3. The van der Waals surface area contributed by atoms with Gasteiger partial charge < -0.3 is 4.84 Å². The van der Waals surface area contributed by atoms with Gasteiger partial charge in [-0.15, -0.1) is 5.06 Å². The summed E-state index contributed by atoms with van der Waals surface area (Å²) in [5, 5.41) is 0.518. The molecule has 0 saturated carbocycles. The number of carbonyl (C=O) groups excluding carboxylic acids is 3. The number of fused-ring (bicyclic) bond motifs is 1. The van der Waals surface area contributed by atoms with E-state index in [1.807, 2.05) is 24.3 Å². The van der Waals surface area contributed by atoms with Crippen LogP contribution in [0.2, 0.25) is 0 Å². The van der Waals surface area contributed by atoms with Crippen LogP contribution in [0.3, 0.4) is 0 Å². The van der Waals surface area contributed by atoms with Crippen LogP contribution in [0.1, 0.15) is 34.5 Å². The molecule has 2 aromatic rings. The lowest BCUT2D eigenvalue weighted by atomic mass is 10.1. The van der Waals surface area contributed by atoms with Crippen LogP contribution in [-0.4, -0.2) is 38.2 Å². The van der Waals surface area contributed by atoms with Crippen molar-refractivity contribution in [3.05, 3.63) is 53.6 Å². The molecule has 1 aromatic heterocycles. The SMILES string of the molecule is O=C(ON1C(=O)CCC1=O)c1cncn1C1=NCc2ccccc21. The molecule has 1 fully saturated rings. The second kappa shape index (κ2) is 5.41. The molecule has 8 heteroatoms. The molecule has 2 aliphatic rings. The maximum atomic E-state index is 12.4. The van der Waals surface area contributed by atoms with Crippen molar-refractivity contribution in [2.24, 2.45) is 4.99 Å². The molecule has 0 unspecified atom stereocenters. The van der Waals surface area contributed by atoms with Gasteiger partial charge in [-0.1, -0.05) is 24.3 Å². The van der Waals surface area contributed by atoms with E-state index in [4.69, 9.17) is 4.84 Å². The maximum absolute atomic E-state index is 12.4. The van der Waals surface area contributed by atoms with Crippen molar-refractivity contribution < 1.29 is 19.2 Å². The van der Waals surface area contributed by atoms with E-state index >= 15 is 0 Å². The smallest absolute Gasteiger partial charge is 0.323 e. The quantitative estimate of drug-likeness (QED) is 0.766. The van der Waals surface area contributed by atoms with Crippen LogP contribution in [0, 0.1) is 0 Å². The molecule has 8 nitrogen and oxygen atoms in total. The molecule has 1 saturated heterocycles. The van der Waals surface area contributed by atoms with Gasteiger partial charge in [0.1, 0.15) is 12.2 Å². The molecule has 24 heavy (non-hydrogen) atoms. The average Bonchev–Trinajstić information content (AvgIpc) is 3.28. The second-order valence-electron chi connectivity index (χ2n) is 5.41. The van der Waals surface area contributed by atoms with E-state index in [1.165, 1.54) is 17.1 Å². The minimum Gasteiger partial charge on any atom is -0.323 e. The molecule has 0 radical (unpaired) electrons. The van der Waals surface area contributed by atoms with Crippen molar-refractivity contribution in [2.75, 3.05) is 0 Å². The summed E-state index contributed by atoms with van der Waals surface area (Å²) in [5.41, 5.74) is 2.04. The molecule has 0 aliphatic carbocycles. The third-order valence-corrected chi connectivity index (χ3v) is 3.91. The van der Waals surface area contributed by atoms with Crippen LogP contribution < -0.4 is 0 Å². The number of nitrogens with zero attached hydrogens (tertiary/aromatic N) is 4. The number of benzene rings is 1. The van der Waals surface area contributed by atoms with Crippen LogP contribution in [0.4, 0.5) is 0 Å². The largest absolute Gasteiger partial charge is 0.382 e. The summed E-state index contributed by atoms with van der Waals surface area (Å²) < 4.78 is 1.50. The predicted octanol–water partition coefficient (Wildman–Crippen LogP) is 0.912. The number of aromatic nitrogens is 2. The third kappa shape index (κ3) is 2.19. The first-order chi connectivity index (χ1) is 11.6. The summed E-state index contributed by atoms with van der Waals surface area (Å²) in [6, 6.07) is 7.67. The summed E-state index contributed by atoms with van der Waals surface area (Å²) in [6.07, 6.45) is 2.86. The highest BCUT2D eigenvalue weighted by molar-refractivity contribution is 6.07. The van der Waals surface area contributed by atoms with Gasteiger partial charge >= 0.3 is 5.97 Å². The fraction of sp³-hybridized carbons (Fsp3) is 0.188. The third-order valence-electron chi connectivity index (χ3n) is 3.91. The van der Waals surface area contributed by atoms with Crippen LogP contribution in [0.15, 0.2) is 41.8 Å². The van der Waals surface area contributed by atoms with Gasteiger partial charge in [0.25, 0.3) is 11.8 Å². The molecule has 1 aromatic carbocycles. The topological polar surface area (TPSA) is 93.9 Å². The van der Waals surface area contributed by atoms with Gasteiger partial charge in [-0.05, 0) is 5.56 Å². The summed E-state index contributed by atoms with van der Waals surface area (Å²) >= 11 is 0. The van der Waals surface area contributed by atoms with Gasteiger partial charge in [-0.3, -0.25) is 19.1 Å². The van der Waals surface area contributed by atoms with Crippen molar-refractivity contribution in [1.29, 1.82) is 0 Å². The maximum Gasteiger partial charge on any atom is 0.382 e. The first kappa shape index (κ1) is 14.3. The monoisotopic (exact) mass is 324 g/mol. The highest BCUT2D eigenvalue weighted by Gasteiger charge is 2.34. The predicted molar refractivity (Wildman–Crippen MR) is 80.8 cm³/mol. The number of hydrogen-bond donors (Lipinski definition) is 0. The average molecular weight is 324 g/mol. The Kier molecular flexibility index (Phi) is 3.23. The van der Waals surface area contributed by atoms with E-state index in [1.54, 1.807) is 0 Å². The summed E-state index contributed by atoms with van der Waals surface area (Å²) in [6.45, 7) is 0.515.